The smallest absolute Gasteiger partial charge is 0.0928 e. The molecule has 0 amide bonds. The van der Waals surface area contributed by atoms with Gasteiger partial charge >= 0.3 is 0 Å². The van der Waals surface area contributed by atoms with Crippen LogP contribution in [0.25, 0.3) is 0 Å². The molecule has 0 N–H and O–H groups in total. The first-order valence-electron chi connectivity index (χ1n) is 6.87. The quantitative estimate of drug-likeness (QED) is 0.534. The molecule has 1 aromatic heterocycles. The molecular weight excluding hydrogens is 264 g/mol. The highest BCUT2D eigenvalue weighted by Crippen LogP contribution is 2.37. The van der Waals surface area contributed by atoms with E-state index in [-0.39, 0.29) is 0 Å². The molecule has 1 saturated carbocycles. The van der Waals surface area contributed by atoms with Gasteiger partial charge in [0, 0.05) is 11.9 Å². The first kappa shape index (κ1) is 14.3. The molecule has 2 nitrogen and oxygen atoms in total. The Morgan fingerprint density at radius 2 is 2.28 bits per heavy atom. The van der Waals surface area contributed by atoms with E-state index in [2.05, 4.69) is 29.2 Å². The number of aryl methyl sites for hydroxylation is 1. The summed E-state index contributed by atoms with van der Waals surface area (Å²) >= 11 is 7.49. The first-order valence-corrected chi connectivity index (χ1v) is 8.28. The molecule has 2 rings (SSSR count). The summed E-state index contributed by atoms with van der Waals surface area (Å²) in [5, 5.41) is 3.31. The minimum Gasteiger partial charge on any atom is -0.306 e. The molecule has 1 heterocycles. The maximum atomic E-state index is 5.75. The Hall–Kier alpha value is -0.120. The van der Waals surface area contributed by atoms with Gasteiger partial charge in [0.25, 0.3) is 0 Å². The molecule has 4 heteroatoms. The molecular formula is C14H23ClN2S. The lowest BCUT2D eigenvalue weighted by molar-refractivity contribution is 0.308. The summed E-state index contributed by atoms with van der Waals surface area (Å²) in [5.74, 6) is 2.48. The molecule has 2 atom stereocenters. The van der Waals surface area contributed by atoms with Crippen molar-refractivity contribution in [2.45, 2.75) is 38.5 Å². The monoisotopic (exact) mass is 286 g/mol. The van der Waals surface area contributed by atoms with E-state index in [0.29, 0.717) is 5.88 Å². The average molecular weight is 287 g/mol. The van der Waals surface area contributed by atoms with Crippen LogP contribution in [0.1, 0.15) is 36.9 Å². The summed E-state index contributed by atoms with van der Waals surface area (Å²) in [4.78, 5) is 6.97. The minimum absolute atomic E-state index is 0.540. The topological polar surface area (TPSA) is 16.1 Å². The highest BCUT2D eigenvalue weighted by molar-refractivity contribution is 7.09. The third-order valence-electron chi connectivity index (χ3n) is 3.74. The summed E-state index contributed by atoms with van der Waals surface area (Å²) in [6, 6.07) is 0. The predicted octanol–water partition coefficient (Wildman–Crippen LogP) is 3.79. The van der Waals surface area contributed by atoms with Gasteiger partial charge in [-0.2, -0.15) is 0 Å². The Morgan fingerprint density at radius 1 is 1.50 bits per heavy atom. The van der Waals surface area contributed by atoms with Crippen LogP contribution in [0.15, 0.2) is 5.38 Å². The molecule has 0 aliphatic heterocycles. The van der Waals surface area contributed by atoms with Gasteiger partial charge in [-0.1, -0.05) is 6.92 Å². The zero-order valence-corrected chi connectivity index (χ0v) is 12.9. The predicted molar refractivity (Wildman–Crippen MR) is 79.4 cm³/mol. The van der Waals surface area contributed by atoms with Crippen LogP contribution in [0.2, 0.25) is 0 Å². The first-order chi connectivity index (χ1) is 8.69. The van der Waals surface area contributed by atoms with E-state index in [0.717, 1.165) is 24.0 Å². The van der Waals surface area contributed by atoms with Crippen LogP contribution < -0.4 is 0 Å². The molecule has 102 valence electrons. The van der Waals surface area contributed by atoms with E-state index in [4.69, 9.17) is 11.6 Å². The molecule has 18 heavy (non-hydrogen) atoms. The average Bonchev–Trinajstić information content (AvgIpc) is 2.88. The molecule has 0 aromatic carbocycles. The Balaban J connectivity index is 1.55. The van der Waals surface area contributed by atoms with Crippen LogP contribution in [0.5, 0.6) is 0 Å². The second kappa shape index (κ2) is 6.88. The number of halogens is 1. The maximum Gasteiger partial charge on any atom is 0.0928 e. The van der Waals surface area contributed by atoms with Crippen molar-refractivity contribution in [1.29, 1.82) is 0 Å². The molecule has 0 radical (unpaired) electrons. The maximum absolute atomic E-state index is 5.75. The molecule has 0 saturated heterocycles. The van der Waals surface area contributed by atoms with E-state index in [1.807, 2.05) is 0 Å². The minimum atomic E-state index is 0.540. The van der Waals surface area contributed by atoms with Crippen molar-refractivity contribution < 1.29 is 0 Å². The van der Waals surface area contributed by atoms with Crippen LogP contribution in [-0.2, 0) is 12.3 Å². The van der Waals surface area contributed by atoms with E-state index < -0.39 is 0 Å². The van der Waals surface area contributed by atoms with Gasteiger partial charge in [0.2, 0.25) is 0 Å². The molecule has 0 bridgehead atoms. The normalized spacial score (nSPS) is 22.7. The molecule has 2 unspecified atom stereocenters. The van der Waals surface area contributed by atoms with Gasteiger partial charge in [-0.3, -0.25) is 0 Å². The zero-order valence-electron chi connectivity index (χ0n) is 11.4. The number of alkyl halides is 1. The fourth-order valence-corrected chi connectivity index (χ4v) is 3.40. The summed E-state index contributed by atoms with van der Waals surface area (Å²) in [6.07, 6.45) is 5.05. The van der Waals surface area contributed by atoms with E-state index >= 15 is 0 Å². The van der Waals surface area contributed by atoms with Crippen molar-refractivity contribution in [1.82, 2.24) is 9.88 Å². The summed E-state index contributed by atoms with van der Waals surface area (Å²) in [6.45, 7) is 4.86. The van der Waals surface area contributed by atoms with Gasteiger partial charge in [0.05, 0.1) is 16.6 Å². The van der Waals surface area contributed by atoms with Crippen LogP contribution >= 0.6 is 22.9 Å². The number of rotatable bonds is 8. The number of aromatic nitrogens is 1. The Kier molecular flexibility index (Phi) is 5.46. The standard InChI is InChI=1S/C14H23ClN2S/c1-11-7-12(11)9-17(2)6-4-3-5-14-16-13(8-15)10-18-14/h10-12H,3-9H2,1-2H3. The number of nitrogens with zero attached hydrogens (tertiary/aromatic N) is 2. The van der Waals surface area contributed by atoms with E-state index in [1.165, 1.54) is 37.4 Å². The highest BCUT2D eigenvalue weighted by Gasteiger charge is 2.32. The summed E-state index contributed by atoms with van der Waals surface area (Å²) < 4.78 is 0. The lowest BCUT2D eigenvalue weighted by atomic mass is 10.2. The second-order valence-electron chi connectivity index (χ2n) is 5.56. The van der Waals surface area contributed by atoms with Gasteiger partial charge in [-0.15, -0.1) is 22.9 Å². The lowest BCUT2D eigenvalue weighted by Crippen LogP contribution is -2.22. The summed E-state index contributed by atoms with van der Waals surface area (Å²) in [5.41, 5.74) is 1.02. The van der Waals surface area contributed by atoms with Gasteiger partial charge in [-0.25, -0.2) is 4.98 Å². The SMILES string of the molecule is CC1CC1CN(C)CCCCc1nc(CCl)cs1. The molecule has 1 aliphatic rings. The van der Waals surface area contributed by atoms with E-state index in [9.17, 15) is 0 Å². The number of unbranched alkanes of at least 4 members (excludes halogenated alkanes) is 1. The fraction of sp³-hybridized carbons (Fsp3) is 0.786. The Bertz CT molecular complexity index is 366. The highest BCUT2D eigenvalue weighted by atomic mass is 35.5. The van der Waals surface area contributed by atoms with Crippen LogP contribution in [0, 0.1) is 11.8 Å². The van der Waals surface area contributed by atoms with Gasteiger partial charge in [0.1, 0.15) is 0 Å². The van der Waals surface area contributed by atoms with Crippen LogP contribution in [0.4, 0.5) is 0 Å². The number of hydrogen-bond donors (Lipinski definition) is 0. The lowest BCUT2D eigenvalue weighted by Gasteiger charge is -2.15. The van der Waals surface area contributed by atoms with Crippen molar-refractivity contribution in [3.63, 3.8) is 0 Å². The molecule has 1 fully saturated rings. The number of hydrogen-bond acceptors (Lipinski definition) is 3. The molecule has 1 aromatic rings. The molecule has 0 spiro atoms. The Morgan fingerprint density at radius 3 is 2.89 bits per heavy atom. The van der Waals surface area contributed by atoms with Crippen molar-refractivity contribution >= 4 is 22.9 Å². The van der Waals surface area contributed by atoms with Crippen molar-refractivity contribution in [2.24, 2.45) is 11.8 Å². The summed E-state index contributed by atoms with van der Waals surface area (Å²) in [7, 11) is 2.25. The fourth-order valence-electron chi connectivity index (χ4n) is 2.33. The number of thiazole rings is 1. The van der Waals surface area contributed by atoms with Crippen molar-refractivity contribution in [3.05, 3.63) is 16.1 Å². The molecule has 1 aliphatic carbocycles. The zero-order chi connectivity index (χ0) is 13.0. The third kappa shape index (κ3) is 4.52. The van der Waals surface area contributed by atoms with E-state index in [1.54, 1.807) is 11.3 Å². The Labute approximate surface area is 119 Å². The largest absolute Gasteiger partial charge is 0.306 e. The second-order valence-corrected chi connectivity index (χ2v) is 6.77. The van der Waals surface area contributed by atoms with Crippen molar-refractivity contribution in [2.75, 3.05) is 20.1 Å². The van der Waals surface area contributed by atoms with Gasteiger partial charge < -0.3 is 4.90 Å². The third-order valence-corrected chi connectivity index (χ3v) is 4.97. The van der Waals surface area contributed by atoms with Gasteiger partial charge in [-0.05, 0) is 51.1 Å². The van der Waals surface area contributed by atoms with Crippen LogP contribution in [-0.4, -0.2) is 30.0 Å². The van der Waals surface area contributed by atoms with Crippen LogP contribution in [0.3, 0.4) is 0 Å². The van der Waals surface area contributed by atoms with Gasteiger partial charge in [0.15, 0.2) is 0 Å². The van der Waals surface area contributed by atoms with Crippen molar-refractivity contribution in [3.8, 4) is 0 Å².